The molecule has 1 aliphatic heterocycles. The van der Waals surface area contributed by atoms with Gasteiger partial charge in [-0.15, -0.1) is 0 Å². The third-order valence-corrected chi connectivity index (χ3v) is 3.84. The van der Waals surface area contributed by atoms with Gasteiger partial charge in [-0.2, -0.15) is 0 Å². The lowest BCUT2D eigenvalue weighted by atomic mass is 10.1. The summed E-state index contributed by atoms with van der Waals surface area (Å²) in [7, 11) is 0. The Bertz CT molecular complexity index is 400. The maximum Gasteiger partial charge on any atom is 0.410 e. The molecule has 0 aromatic heterocycles. The number of ether oxygens (including phenoxy) is 1. The molecule has 0 radical (unpaired) electrons. The third-order valence-electron chi connectivity index (χ3n) is 3.84. The molecule has 2 rings (SSSR count). The molecule has 0 aliphatic carbocycles. The lowest BCUT2D eigenvalue weighted by Gasteiger charge is -2.31. The van der Waals surface area contributed by atoms with Gasteiger partial charge in [0.1, 0.15) is 0 Å². The molecule has 1 fully saturated rings. The first-order valence-corrected chi connectivity index (χ1v) is 7.58. The number of quaternary nitrogens is 1. The van der Waals surface area contributed by atoms with Crippen molar-refractivity contribution >= 4 is 6.09 Å². The van der Waals surface area contributed by atoms with Crippen LogP contribution in [0.25, 0.3) is 0 Å². The SMILES string of the molecule is CCOC(=O)N1CC[NH+](CCCc2ccccc2)CC1. The van der Waals surface area contributed by atoms with Gasteiger partial charge in [0.2, 0.25) is 0 Å². The first-order valence-electron chi connectivity index (χ1n) is 7.58. The third kappa shape index (κ3) is 4.53. The van der Waals surface area contributed by atoms with E-state index >= 15 is 0 Å². The van der Waals surface area contributed by atoms with E-state index in [2.05, 4.69) is 30.3 Å². The number of piperazine rings is 1. The molecule has 0 unspecified atom stereocenters. The van der Waals surface area contributed by atoms with Gasteiger partial charge in [-0.1, -0.05) is 30.3 Å². The Morgan fingerprint density at radius 1 is 1.25 bits per heavy atom. The minimum Gasteiger partial charge on any atom is -0.450 e. The van der Waals surface area contributed by atoms with E-state index in [4.69, 9.17) is 4.74 Å². The van der Waals surface area contributed by atoms with E-state index in [0.717, 1.165) is 32.6 Å². The summed E-state index contributed by atoms with van der Waals surface area (Å²) in [6.45, 7) is 7.21. The van der Waals surface area contributed by atoms with E-state index in [0.29, 0.717) is 6.61 Å². The van der Waals surface area contributed by atoms with E-state index in [-0.39, 0.29) is 6.09 Å². The minimum absolute atomic E-state index is 0.157. The van der Waals surface area contributed by atoms with Gasteiger partial charge in [0.05, 0.1) is 39.3 Å². The molecule has 0 spiro atoms. The van der Waals surface area contributed by atoms with Crippen molar-refractivity contribution in [1.29, 1.82) is 0 Å². The molecule has 0 atom stereocenters. The quantitative estimate of drug-likeness (QED) is 0.870. The summed E-state index contributed by atoms with van der Waals surface area (Å²) in [5, 5.41) is 0. The number of rotatable bonds is 5. The Morgan fingerprint density at radius 2 is 1.95 bits per heavy atom. The number of carbonyl (C=O) groups is 1. The number of hydrogen-bond acceptors (Lipinski definition) is 2. The summed E-state index contributed by atoms with van der Waals surface area (Å²) < 4.78 is 5.03. The van der Waals surface area contributed by atoms with Crippen LogP contribution in [-0.2, 0) is 11.2 Å². The fourth-order valence-corrected chi connectivity index (χ4v) is 2.66. The van der Waals surface area contributed by atoms with E-state index in [1.807, 2.05) is 11.8 Å². The van der Waals surface area contributed by atoms with Crippen LogP contribution in [0.1, 0.15) is 18.9 Å². The number of nitrogens with zero attached hydrogens (tertiary/aromatic N) is 1. The fraction of sp³-hybridized carbons (Fsp3) is 0.562. The van der Waals surface area contributed by atoms with E-state index in [1.54, 1.807) is 4.90 Å². The van der Waals surface area contributed by atoms with E-state index in [9.17, 15) is 4.79 Å². The largest absolute Gasteiger partial charge is 0.450 e. The standard InChI is InChI=1S/C16H24N2O2/c1-2-20-16(19)18-13-11-17(12-14-18)10-6-9-15-7-4-3-5-8-15/h3-5,7-8H,2,6,9-14H2,1H3/p+1. The molecular formula is C16H25N2O2+. The lowest BCUT2D eigenvalue weighted by molar-refractivity contribution is -0.904. The predicted octanol–water partition coefficient (Wildman–Crippen LogP) is 0.976. The van der Waals surface area contributed by atoms with E-state index < -0.39 is 0 Å². The van der Waals surface area contributed by atoms with Crippen molar-refractivity contribution in [3.8, 4) is 0 Å². The van der Waals surface area contributed by atoms with Gasteiger partial charge in [0.15, 0.2) is 0 Å². The summed E-state index contributed by atoms with van der Waals surface area (Å²) in [6, 6.07) is 10.6. The molecule has 1 heterocycles. The van der Waals surface area contributed by atoms with Crippen LogP contribution in [0, 0.1) is 0 Å². The van der Waals surface area contributed by atoms with Gasteiger partial charge in [-0.3, -0.25) is 4.90 Å². The highest BCUT2D eigenvalue weighted by Crippen LogP contribution is 2.01. The molecule has 0 saturated carbocycles. The molecule has 1 saturated heterocycles. The second-order valence-electron chi connectivity index (χ2n) is 5.28. The average Bonchev–Trinajstić information content (AvgIpc) is 2.49. The van der Waals surface area contributed by atoms with Crippen LogP contribution in [0.3, 0.4) is 0 Å². The molecular weight excluding hydrogens is 252 g/mol. The zero-order valence-corrected chi connectivity index (χ0v) is 12.3. The number of nitrogens with one attached hydrogen (secondary N) is 1. The van der Waals surface area contributed by atoms with Crippen LogP contribution >= 0.6 is 0 Å². The Balaban J connectivity index is 1.63. The van der Waals surface area contributed by atoms with Crippen LogP contribution in [-0.4, -0.2) is 50.3 Å². The van der Waals surface area contributed by atoms with Crippen molar-refractivity contribution in [3.63, 3.8) is 0 Å². The highest BCUT2D eigenvalue weighted by molar-refractivity contribution is 5.67. The molecule has 1 aromatic carbocycles. The molecule has 1 aromatic rings. The van der Waals surface area contributed by atoms with E-state index in [1.165, 1.54) is 18.5 Å². The van der Waals surface area contributed by atoms with Crippen molar-refractivity contribution in [1.82, 2.24) is 4.90 Å². The second-order valence-corrected chi connectivity index (χ2v) is 5.28. The fourth-order valence-electron chi connectivity index (χ4n) is 2.66. The van der Waals surface area contributed by atoms with Gasteiger partial charge in [0, 0.05) is 6.42 Å². The van der Waals surface area contributed by atoms with Gasteiger partial charge >= 0.3 is 6.09 Å². The van der Waals surface area contributed by atoms with Crippen LogP contribution in [0.4, 0.5) is 4.79 Å². The summed E-state index contributed by atoms with van der Waals surface area (Å²) in [5.74, 6) is 0. The number of carbonyl (C=O) groups excluding carboxylic acids is 1. The molecule has 4 nitrogen and oxygen atoms in total. The number of benzene rings is 1. The first-order chi connectivity index (χ1) is 9.79. The van der Waals surface area contributed by atoms with Crippen molar-refractivity contribution in [3.05, 3.63) is 35.9 Å². The Morgan fingerprint density at radius 3 is 2.60 bits per heavy atom. The zero-order valence-electron chi connectivity index (χ0n) is 12.3. The molecule has 1 N–H and O–H groups in total. The van der Waals surface area contributed by atoms with Gasteiger partial charge in [-0.05, 0) is 18.9 Å². The number of amides is 1. The van der Waals surface area contributed by atoms with Crippen molar-refractivity contribution < 1.29 is 14.4 Å². The normalized spacial score (nSPS) is 16.1. The van der Waals surface area contributed by atoms with Crippen LogP contribution in [0.15, 0.2) is 30.3 Å². The summed E-state index contributed by atoms with van der Waals surface area (Å²) >= 11 is 0. The summed E-state index contributed by atoms with van der Waals surface area (Å²) in [6.07, 6.45) is 2.20. The molecule has 1 aliphatic rings. The predicted molar refractivity (Wildman–Crippen MR) is 78.9 cm³/mol. The Labute approximate surface area is 121 Å². The minimum atomic E-state index is -0.157. The Kier molecular flexibility index (Phi) is 5.87. The smallest absolute Gasteiger partial charge is 0.410 e. The molecule has 110 valence electrons. The van der Waals surface area contributed by atoms with Crippen molar-refractivity contribution in [2.75, 3.05) is 39.3 Å². The molecule has 0 bridgehead atoms. The van der Waals surface area contributed by atoms with Gasteiger partial charge < -0.3 is 9.64 Å². The number of aryl methyl sites for hydroxylation is 1. The highest BCUT2D eigenvalue weighted by atomic mass is 16.6. The summed E-state index contributed by atoms with van der Waals surface area (Å²) in [4.78, 5) is 15.0. The van der Waals surface area contributed by atoms with Crippen molar-refractivity contribution in [2.45, 2.75) is 19.8 Å². The molecule has 20 heavy (non-hydrogen) atoms. The summed E-state index contributed by atoms with van der Waals surface area (Å²) in [5.41, 5.74) is 1.41. The highest BCUT2D eigenvalue weighted by Gasteiger charge is 2.23. The lowest BCUT2D eigenvalue weighted by Crippen LogP contribution is -3.14. The van der Waals surface area contributed by atoms with Crippen LogP contribution < -0.4 is 4.90 Å². The van der Waals surface area contributed by atoms with Crippen LogP contribution in [0.5, 0.6) is 0 Å². The monoisotopic (exact) mass is 277 g/mol. The zero-order chi connectivity index (χ0) is 14.2. The maximum absolute atomic E-state index is 11.6. The van der Waals surface area contributed by atoms with Gasteiger partial charge in [0.25, 0.3) is 0 Å². The molecule has 1 amide bonds. The molecule has 4 heteroatoms. The van der Waals surface area contributed by atoms with Crippen molar-refractivity contribution in [2.24, 2.45) is 0 Å². The average molecular weight is 277 g/mol. The second kappa shape index (κ2) is 7.90. The topological polar surface area (TPSA) is 34.0 Å². The first kappa shape index (κ1) is 14.9. The van der Waals surface area contributed by atoms with Crippen LogP contribution in [0.2, 0.25) is 0 Å². The Hall–Kier alpha value is -1.55. The van der Waals surface area contributed by atoms with Gasteiger partial charge in [-0.25, -0.2) is 4.79 Å². The maximum atomic E-state index is 11.6. The number of hydrogen-bond donors (Lipinski definition) is 1.